The molecule has 2 aromatic rings. The van der Waals surface area contributed by atoms with Gasteiger partial charge in [0.2, 0.25) is 0 Å². The van der Waals surface area contributed by atoms with Crippen LogP contribution in [0.15, 0.2) is 54.1 Å². The third-order valence-electron chi connectivity index (χ3n) is 2.46. The minimum Gasteiger partial charge on any atom is -0.457 e. The van der Waals surface area contributed by atoms with Crippen LogP contribution in [0.5, 0.6) is 11.5 Å². The number of benzene rings is 2. The molecular formula is C16H9FN2O. The zero-order valence-corrected chi connectivity index (χ0v) is 10.4. The maximum Gasteiger partial charge on any atom is 0.130 e. The summed E-state index contributed by atoms with van der Waals surface area (Å²) in [4.78, 5) is 0. The summed E-state index contributed by atoms with van der Waals surface area (Å²) in [5.74, 6) is 0.718. The van der Waals surface area contributed by atoms with Crippen molar-refractivity contribution in [2.45, 2.75) is 0 Å². The van der Waals surface area contributed by atoms with Gasteiger partial charge in [-0.1, -0.05) is 12.1 Å². The minimum absolute atomic E-state index is 0.0175. The van der Waals surface area contributed by atoms with E-state index in [1.54, 1.807) is 36.4 Å². The molecule has 0 aromatic heterocycles. The van der Waals surface area contributed by atoms with Crippen LogP contribution in [-0.2, 0) is 0 Å². The molecule has 0 N–H and O–H groups in total. The van der Waals surface area contributed by atoms with E-state index in [4.69, 9.17) is 15.3 Å². The second-order valence-electron chi connectivity index (χ2n) is 3.91. The van der Waals surface area contributed by atoms with E-state index < -0.39 is 0 Å². The Labute approximate surface area is 115 Å². The summed E-state index contributed by atoms with van der Waals surface area (Å²) in [5, 5.41) is 17.4. The zero-order valence-electron chi connectivity index (χ0n) is 10.4. The molecule has 20 heavy (non-hydrogen) atoms. The van der Waals surface area contributed by atoms with Crippen LogP contribution in [-0.4, -0.2) is 0 Å². The Morgan fingerprint density at radius 3 is 2.35 bits per heavy atom. The number of hydrogen-bond donors (Lipinski definition) is 0. The number of nitrogens with zero attached hydrogens (tertiary/aromatic N) is 2. The Balaban J connectivity index is 2.23. The second kappa shape index (κ2) is 6.17. The number of rotatable bonds is 3. The topological polar surface area (TPSA) is 56.8 Å². The zero-order chi connectivity index (χ0) is 14.4. The van der Waals surface area contributed by atoms with E-state index in [0.717, 1.165) is 0 Å². The van der Waals surface area contributed by atoms with Crippen molar-refractivity contribution in [3.05, 3.63) is 65.5 Å². The predicted molar refractivity (Wildman–Crippen MR) is 72.1 cm³/mol. The summed E-state index contributed by atoms with van der Waals surface area (Å²) >= 11 is 0. The normalized spacial score (nSPS) is 9.15. The van der Waals surface area contributed by atoms with E-state index >= 15 is 0 Å². The molecular weight excluding hydrogens is 255 g/mol. The first-order valence-corrected chi connectivity index (χ1v) is 5.76. The molecule has 2 aromatic carbocycles. The molecule has 0 spiro atoms. The molecule has 0 aliphatic heterocycles. The molecule has 0 radical (unpaired) electrons. The number of hydrogen-bond acceptors (Lipinski definition) is 3. The average Bonchev–Trinajstić information content (AvgIpc) is 2.47. The highest BCUT2D eigenvalue weighted by molar-refractivity contribution is 5.63. The van der Waals surface area contributed by atoms with Crippen LogP contribution in [0.25, 0.3) is 6.08 Å². The summed E-state index contributed by atoms with van der Waals surface area (Å²) in [6, 6.07) is 16.2. The fourth-order valence-corrected chi connectivity index (χ4v) is 1.56. The molecule has 0 atom stereocenters. The predicted octanol–water partition coefficient (Wildman–Crippen LogP) is 4.05. The van der Waals surface area contributed by atoms with Crippen molar-refractivity contribution in [2.24, 2.45) is 0 Å². The summed E-state index contributed by atoms with van der Waals surface area (Å²) in [6.45, 7) is 0. The highest BCUT2D eigenvalue weighted by atomic mass is 19.1. The maximum absolute atomic E-state index is 12.8. The fraction of sp³-hybridized carbons (Fsp3) is 0. The molecule has 0 bridgehead atoms. The third-order valence-corrected chi connectivity index (χ3v) is 2.46. The Kier molecular flexibility index (Phi) is 4.11. The van der Waals surface area contributed by atoms with E-state index in [1.807, 2.05) is 0 Å². The lowest BCUT2D eigenvalue weighted by Gasteiger charge is -2.06. The van der Waals surface area contributed by atoms with Crippen LogP contribution in [0.2, 0.25) is 0 Å². The van der Waals surface area contributed by atoms with Gasteiger partial charge < -0.3 is 4.74 Å². The van der Waals surface area contributed by atoms with Gasteiger partial charge in [-0.3, -0.25) is 0 Å². The lowest BCUT2D eigenvalue weighted by Crippen LogP contribution is -1.85. The highest BCUT2D eigenvalue weighted by Gasteiger charge is 2.00. The van der Waals surface area contributed by atoms with Gasteiger partial charge in [-0.2, -0.15) is 10.5 Å². The largest absolute Gasteiger partial charge is 0.457 e. The quantitative estimate of drug-likeness (QED) is 0.786. The van der Waals surface area contributed by atoms with Gasteiger partial charge in [0.25, 0.3) is 0 Å². The standard InChI is InChI=1S/C16H9FN2O/c17-14-4-6-15(7-5-14)20-16-3-1-2-12(9-16)8-13(10-18)11-19/h1-9H. The molecule has 96 valence electrons. The molecule has 0 fully saturated rings. The van der Waals surface area contributed by atoms with Crippen LogP contribution in [0.4, 0.5) is 4.39 Å². The first-order chi connectivity index (χ1) is 9.71. The van der Waals surface area contributed by atoms with Crippen molar-refractivity contribution in [3.8, 4) is 23.6 Å². The Morgan fingerprint density at radius 2 is 1.70 bits per heavy atom. The second-order valence-corrected chi connectivity index (χ2v) is 3.91. The van der Waals surface area contributed by atoms with Gasteiger partial charge in [0.1, 0.15) is 35.0 Å². The van der Waals surface area contributed by atoms with Gasteiger partial charge in [-0.25, -0.2) is 4.39 Å². The fourth-order valence-electron chi connectivity index (χ4n) is 1.56. The summed E-state index contributed by atoms with van der Waals surface area (Å²) in [5.41, 5.74) is 0.701. The van der Waals surface area contributed by atoms with Crippen molar-refractivity contribution >= 4 is 6.08 Å². The van der Waals surface area contributed by atoms with Crippen molar-refractivity contribution in [1.29, 1.82) is 10.5 Å². The molecule has 4 heteroatoms. The molecule has 0 amide bonds. The molecule has 3 nitrogen and oxygen atoms in total. The van der Waals surface area contributed by atoms with Crippen LogP contribution < -0.4 is 4.74 Å². The van der Waals surface area contributed by atoms with Gasteiger partial charge in [-0.05, 0) is 48.0 Å². The molecule has 0 saturated heterocycles. The number of ether oxygens (including phenoxy) is 1. The van der Waals surface area contributed by atoms with Gasteiger partial charge in [-0.15, -0.1) is 0 Å². The average molecular weight is 264 g/mol. The van der Waals surface area contributed by atoms with Crippen molar-refractivity contribution in [1.82, 2.24) is 0 Å². The summed E-state index contributed by atoms with van der Waals surface area (Å²) in [7, 11) is 0. The summed E-state index contributed by atoms with van der Waals surface area (Å²) < 4.78 is 18.3. The summed E-state index contributed by atoms with van der Waals surface area (Å²) in [6.07, 6.45) is 1.47. The Morgan fingerprint density at radius 1 is 1.00 bits per heavy atom. The molecule has 0 aliphatic carbocycles. The minimum atomic E-state index is -0.332. The highest BCUT2D eigenvalue weighted by Crippen LogP contribution is 2.23. The molecule has 0 unspecified atom stereocenters. The molecule has 0 aliphatic rings. The van der Waals surface area contributed by atoms with E-state index in [1.165, 1.54) is 30.3 Å². The molecule has 0 saturated carbocycles. The molecule has 0 heterocycles. The van der Waals surface area contributed by atoms with E-state index in [2.05, 4.69) is 0 Å². The number of allylic oxidation sites excluding steroid dienone is 1. The van der Waals surface area contributed by atoms with E-state index in [-0.39, 0.29) is 11.4 Å². The monoisotopic (exact) mass is 264 g/mol. The SMILES string of the molecule is N#CC(C#N)=Cc1cccc(Oc2ccc(F)cc2)c1. The van der Waals surface area contributed by atoms with Gasteiger partial charge in [0.15, 0.2) is 0 Å². The van der Waals surface area contributed by atoms with Crippen molar-refractivity contribution in [3.63, 3.8) is 0 Å². The van der Waals surface area contributed by atoms with E-state index in [9.17, 15) is 4.39 Å². The first-order valence-electron chi connectivity index (χ1n) is 5.76. The third kappa shape index (κ3) is 3.44. The Bertz CT molecular complexity index is 705. The lowest BCUT2D eigenvalue weighted by atomic mass is 10.1. The van der Waals surface area contributed by atoms with Crippen LogP contribution in [0, 0.1) is 28.5 Å². The van der Waals surface area contributed by atoms with Gasteiger partial charge in [0, 0.05) is 0 Å². The van der Waals surface area contributed by atoms with Crippen molar-refractivity contribution < 1.29 is 9.13 Å². The van der Waals surface area contributed by atoms with Crippen LogP contribution in [0.3, 0.4) is 0 Å². The Hall–Kier alpha value is -3.11. The number of halogens is 1. The van der Waals surface area contributed by atoms with Gasteiger partial charge in [0.05, 0.1) is 0 Å². The number of nitriles is 2. The van der Waals surface area contributed by atoms with Gasteiger partial charge >= 0.3 is 0 Å². The lowest BCUT2D eigenvalue weighted by molar-refractivity contribution is 0.480. The maximum atomic E-state index is 12.8. The van der Waals surface area contributed by atoms with E-state index in [0.29, 0.717) is 17.1 Å². The van der Waals surface area contributed by atoms with Crippen molar-refractivity contribution in [2.75, 3.05) is 0 Å². The first kappa shape index (κ1) is 13.3. The molecule has 2 rings (SSSR count). The van der Waals surface area contributed by atoms with Crippen LogP contribution >= 0.6 is 0 Å². The van der Waals surface area contributed by atoms with Crippen LogP contribution in [0.1, 0.15) is 5.56 Å². The smallest absolute Gasteiger partial charge is 0.130 e.